The number of carboxylic acid groups (broad SMARTS) is 1. The summed E-state index contributed by atoms with van der Waals surface area (Å²) in [4.78, 5) is 23.6. The third-order valence-corrected chi connectivity index (χ3v) is 6.35. The number of carbonyl (C=O) groups excluding carboxylic acids is 1. The third-order valence-electron chi connectivity index (χ3n) is 6.05. The summed E-state index contributed by atoms with van der Waals surface area (Å²) in [6.45, 7) is 0.262. The number of hydrogen-bond donors (Lipinski definition) is 2. The predicted molar refractivity (Wildman–Crippen MR) is 140 cm³/mol. The number of nitrogens with one attached hydrogen (secondary N) is 1. The lowest BCUT2D eigenvalue weighted by molar-refractivity contribution is -0.137. The number of aromatic nitrogens is 2. The van der Waals surface area contributed by atoms with E-state index in [1.54, 1.807) is 18.2 Å². The van der Waals surface area contributed by atoms with E-state index in [4.69, 9.17) is 30.9 Å². The number of ether oxygens (including phenoxy) is 3. The third kappa shape index (κ3) is 6.49. The van der Waals surface area contributed by atoms with Crippen molar-refractivity contribution in [1.82, 2.24) is 10.2 Å². The van der Waals surface area contributed by atoms with Crippen LogP contribution >= 0.6 is 11.6 Å². The number of alkyl halides is 3. The molecule has 1 unspecified atom stereocenters. The smallest absolute Gasteiger partial charge is 0.493 e. The molecule has 1 amide bonds. The first kappa shape index (κ1) is 27.7. The summed E-state index contributed by atoms with van der Waals surface area (Å²) >= 11 is 6.35. The zero-order valence-electron chi connectivity index (χ0n) is 20.8. The van der Waals surface area contributed by atoms with Gasteiger partial charge in [-0.25, -0.2) is 4.79 Å². The predicted octanol–water partition coefficient (Wildman–Crippen LogP) is 7.38. The van der Waals surface area contributed by atoms with E-state index in [0.717, 1.165) is 12.1 Å². The van der Waals surface area contributed by atoms with Crippen molar-refractivity contribution in [3.05, 3.63) is 94.5 Å². The van der Waals surface area contributed by atoms with Gasteiger partial charge in [-0.05, 0) is 54.6 Å². The van der Waals surface area contributed by atoms with E-state index in [-0.39, 0.29) is 23.2 Å². The highest BCUT2D eigenvalue weighted by molar-refractivity contribution is 6.32. The molecule has 1 aliphatic heterocycles. The van der Waals surface area contributed by atoms with Crippen LogP contribution < -0.4 is 14.8 Å². The minimum atomic E-state index is -4.43. The summed E-state index contributed by atoms with van der Waals surface area (Å²) in [6.07, 6.45) is -6.18. The molecule has 0 spiro atoms. The van der Waals surface area contributed by atoms with E-state index in [2.05, 4.69) is 15.5 Å². The summed E-state index contributed by atoms with van der Waals surface area (Å²) in [5.41, 5.74) is 0.806. The molecule has 2 N–H and O–H groups in total. The van der Waals surface area contributed by atoms with E-state index in [1.807, 2.05) is 0 Å². The number of amides is 1. The molecule has 0 saturated heterocycles. The van der Waals surface area contributed by atoms with Crippen LogP contribution in [0.1, 0.15) is 34.0 Å². The van der Waals surface area contributed by atoms with Gasteiger partial charge in [-0.15, -0.1) is 10.2 Å². The van der Waals surface area contributed by atoms with Gasteiger partial charge in [-0.3, -0.25) is 4.79 Å². The second kappa shape index (κ2) is 11.3. The van der Waals surface area contributed by atoms with E-state index >= 15 is 0 Å². The topological polar surface area (TPSA) is 120 Å². The van der Waals surface area contributed by atoms with E-state index in [9.17, 15) is 22.8 Å². The van der Waals surface area contributed by atoms with Crippen LogP contribution in [0.5, 0.6) is 17.2 Å². The van der Waals surface area contributed by atoms with Crippen LogP contribution in [0.4, 0.5) is 23.8 Å². The second-order valence-electron chi connectivity index (χ2n) is 8.79. The SMILES string of the molecule is O=C(O)OC1CCOc2cc(Oc3ccc(C(=O)Nc4ccc(-c5ccc(C(F)(F)F)cc5)nn4)cc3)c(Cl)cc21. The van der Waals surface area contributed by atoms with Gasteiger partial charge in [-0.1, -0.05) is 23.7 Å². The van der Waals surface area contributed by atoms with Gasteiger partial charge in [-0.2, -0.15) is 13.2 Å². The fourth-order valence-corrected chi connectivity index (χ4v) is 4.26. The molecule has 0 saturated carbocycles. The van der Waals surface area contributed by atoms with Crippen molar-refractivity contribution in [2.45, 2.75) is 18.7 Å². The van der Waals surface area contributed by atoms with Crippen molar-refractivity contribution in [3.8, 4) is 28.5 Å². The summed E-state index contributed by atoms with van der Waals surface area (Å²) in [5, 5.41) is 19.7. The lowest BCUT2D eigenvalue weighted by Crippen LogP contribution is -2.18. The van der Waals surface area contributed by atoms with Crippen molar-refractivity contribution >= 4 is 29.5 Å². The fraction of sp³-hybridized carbons (Fsp3) is 0.143. The molecule has 1 aromatic heterocycles. The number of carbonyl (C=O) groups is 2. The maximum absolute atomic E-state index is 12.8. The second-order valence-corrected chi connectivity index (χ2v) is 9.20. The van der Waals surface area contributed by atoms with Crippen LogP contribution in [-0.4, -0.2) is 34.0 Å². The molecule has 0 aliphatic carbocycles. The Bertz CT molecular complexity index is 1580. The minimum Gasteiger partial charge on any atom is -0.493 e. The van der Waals surface area contributed by atoms with Gasteiger partial charge < -0.3 is 24.6 Å². The number of rotatable bonds is 6. The molecule has 1 atom stereocenters. The minimum absolute atomic E-state index is 0.150. The maximum Gasteiger partial charge on any atom is 0.506 e. The highest BCUT2D eigenvalue weighted by Gasteiger charge is 2.30. The number of hydrogen-bond acceptors (Lipinski definition) is 7. The van der Waals surface area contributed by atoms with Crippen LogP contribution in [0.25, 0.3) is 11.3 Å². The van der Waals surface area contributed by atoms with Crippen LogP contribution in [0.15, 0.2) is 72.8 Å². The lowest BCUT2D eigenvalue weighted by atomic mass is 10.0. The Morgan fingerprint density at radius 1 is 1.00 bits per heavy atom. The van der Waals surface area contributed by atoms with E-state index in [0.29, 0.717) is 40.3 Å². The first-order valence-corrected chi connectivity index (χ1v) is 12.4. The average molecular weight is 586 g/mol. The number of benzene rings is 3. The first-order chi connectivity index (χ1) is 19.6. The van der Waals surface area contributed by atoms with E-state index in [1.165, 1.54) is 42.5 Å². The quantitative estimate of drug-likeness (QED) is 0.225. The van der Waals surface area contributed by atoms with Gasteiger partial charge >= 0.3 is 12.3 Å². The van der Waals surface area contributed by atoms with Gasteiger partial charge in [0.2, 0.25) is 0 Å². The normalized spacial score (nSPS) is 14.4. The molecule has 0 bridgehead atoms. The van der Waals surface area contributed by atoms with Crippen molar-refractivity contribution in [2.75, 3.05) is 11.9 Å². The van der Waals surface area contributed by atoms with Crippen LogP contribution in [0.2, 0.25) is 5.02 Å². The Balaban J connectivity index is 1.22. The van der Waals surface area contributed by atoms with Gasteiger partial charge in [0.15, 0.2) is 5.82 Å². The lowest BCUT2D eigenvalue weighted by Gasteiger charge is -2.25. The molecule has 3 aromatic carbocycles. The van der Waals surface area contributed by atoms with Gasteiger partial charge in [0.05, 0.1) is 22.9 Å². The van der Waals surface area contributed by atoms with Gasteiger partial charge in [0, 0.05) is 29.2 Å². The molecule has 210 valence electrons. The van der Waals surface area contributed by atoms with Crippen LogP contribution in [0, 0.1) is 0 Å². The Labute approximate surface area is 235 Å². The van der Waals surface area contributed by atoms with E-state index < -0.39 is 29.9 Å². The molecule has 4 aromatic rings. The van der Waals surface area contributed by atoms with Crippen molar-refractivity contribution < 1.29 is 42.1 Å². The number of nitrogens with zero attached hydrogens (tertiary/aromatic N) is 2. The Kier molecular flexibility index (Phi) is 7.66. The molecule has 1 aliphatic rings. The van der Waals surface area contributed by atoms with Crippen LogP contribution in [0.3, 0.4) is 0 Å². The van der Waals surface area contributed by atoms with Gasteiger partial charge in [0.25, 0.3) is 5.91 Å². The average Bonchev–Trinajstić information content (AvgIpc) is 2.94. The number of fused-ring (bicyclic) bond motifs is 1. The number of anilines is 1. The summed E-state index contributed by atoms with van der Waals surface area (Å²) in [5.74, 6) is 0.707. The Hall–Kier alpha value is -4.84. The van der Waals surface area contributed by atoms with Gasteiger partial charge in [0.1, 0.15) is 23.4 Å². The maximum atomic E-state index is 12.8. The molecular weight excluding hydrogens is 567 g/mol. The van der Waals surface area contributed by atoms with Crippen molar-refractivity contribution in [3.63, 3.8) is 0 Å². The largest absolute Gasteiger partial charge is 0.506 e. The summed E-state index contributed by atoms with van der Waals surface area (Å²) < 4.78 is 54.7. The molecule has 5 rings (SSSR count). The molecule has 9 nitrogen and oxygen atoms in total. The summed E-state index contributed by atoms with van der Waals surface area (Å²) in [6, 6.07) is 16.8. The highest BCUT2D eigenvalue weighted by atomic mass is 35.5. The molecule has 0 fully saturated rings. The van der Waals surface area contributed by atoms with Crippen LogP contribution in [-0.2, 0) is 10.9 Å². The zero-order valence-corrected chi connectivity index (χ0v) is 21.6. The zero-order chi connectivity index (χ0) is 29.1. The molecule has 13 heteroatoms. The Morgan fingerprint density at radius 2 is 1.73 bits per heavy atom. The monoisotopic (exact) mass is 585 g/mol. The highest BCUT2D eigenvalue weighted by Crippen LogP contribution is 2.42. The molecule has 2 heterocycles. The molecule has 0 radical (unpaired) electrons. The molecular formula is C28H19ClF3N3O6. The Morgan fingerprint density at radius 3 is 2.37 bits per heavy atom. The number of halogens is 4. The standard InChI is InChI=1S/C28H19ClF3N3O6/c29-20-13-19-22(41-27(37)38)11-12-39-23(19)14-24(20)40-18-7-3-16(4-8-18)26(36)33-25-10-9-21(34-35-25)15-1-5-17(6-2-15)28(30,31)32/h1-10,13-14,22H,11-12H2,(H,37,38)(H,33,35,36). The summed E-state index contributed by atoms with van der Waals surface area (Å²) in [7, 11) is 0. The first-order valence-electron chi connectivity index (χ1n) is 12.0. The van der Waals surface area contributed by atoms with Crippen molar-refractivity contribution in [1.29, 1.82) is 0 Å². The van der Waals surface area contributed by atoms with Crippen molar-refractivity contribution in [2.24, 2.45) is 0 Å². The molecule has 41 heavy (non-hydrogen) atoms. The fourth-order valence-electron chi connectivity index (χ4n) is 4.05.